The van der Waals surface area contributed by atoms with Crippen LogP contribution in [0.1, 0.15) is 31.7 Å². The topological polar surface area (TPSA) is 73.1 Å². The Labute approximate surface area is 107 Å². The quantitative estimate of drug-likeness (QED) is 0.256. The number of nitrogens with one attached hydrogen (secondary N) is 1. The van der Waals surface area contributed by atoms with Crippen LogP contribution in [0.15, 0.2) is 11.4 Å². The molecule has 0 aliphatic heterocycles. The zero-order chi connectivity index (χ0) is 12.7. The molecule has 0 bridgehead atoms. The van der Waals surface area contributed by atoms with Crippen molar-refractivity contribution in [2.24, 2.45) is 5.84 Å². The van der Waals surface area contributed by atoms with Crippen molar-refractivity contribution in [3.63, 3.8) is 0 Å². The maximum absolute atomic E-state index is 5.46. The molecule has 3 N–H and O–H groups in total. The second-order valence-corrected chi connectivity index (χ2v) is 5.02. The first-order valence-corrected chi connectivity index (χ1v) is 6.62. The van der Waals surface area contributed by atoms with Crippen molar-refractivity contribution < 1.29 is 4.74 Å². The van der Waals surface area contributed by atoms with Gasteiger partial charge in [0.15, 0.2) is 0 Å². The average Bonchev–Trinajstić information content (AvgIpc) is 2.33. The highest BCUT2D eigenvalue weighted by molar-refractivity contribution is 7.99. The highest BCUT2D eigenvalue weighted by Crippen LogP contribution is 2.30. The summed E-state index contributed by atoms with van der Waals surface area (Å²) < 4.78 is 5.02. The van der Waals surface area contributed by atoms with Crippen LogP contribution >= 0.6 is 11.8 Å². The van der Waals surface area contributed by atoms with Crippen LogP contribution < -0.4 is 11.3 Å². The van der Waals surface area contributed by atoms with Gasteiger partial charge in [-0.3, -0.25) is 0 Å². The molecular formula is C11H20N4OS. The van der Waals surface area contributed by atoms with Crippen LogP contribution in [0.5, 0.6) is 0 Å². The number of hydrogen-bond acceptors (Lipinski definition) is 6. The number of nitrogens with two attached hydrogens (primary N) is 1. The lowest BCUT2D eigenvalue weighted by molar-refractivity contribution is 0.200. The van der Waals surface area contributed by atoms with E-state index in [2.05, 4.69) is 29.2 Å². The Balaban J connectivity index is 2.76. The van der Waals surface area contributed by atoms with Crippen LogP contribution in [-0.4, -0.2) is 29.4 Å². The summed E-state index contributed by atoms with van der Waals surface area (Å²) in [6.07, 6.45) is 2.55. The molecule has 17 heavy (non-hydrogen) atoms. The Morgan fingerprint density at radius 2 is 2.24 bits per heavy atom. The average molecular weight is 256 g/mol. The van der Waals surface area contributed by atoms with Gasteiger partial charge in [0, 0.05) is 25.0 Å². The molecule has 1 rings (SSSR count). The summed E-state index contributed by atoms with van der Waals surface area (Å²) in [6.45, 7) is 4.99. The number of hydrogen-bond donors (Lipinski definition) is 2. The lowest BCUT2D eigenvalue weighted by Crippen LogP contribution is -2.13. The van der Waals surface area contributed by atoms with E-state index < -0.39 is 0 Å². The molecule has 0 amide bonds. The summed E-state index contributed by atoms with van der Waals surface area (Å²) in [5.41, 5.74) is 3.71. The lowest BCUT2D eigenvalue weighted by atomic mass is 10.1. The Morgan fingerprint density at radius 3 is 2.82 bits per heavy atom. The van der Waals surface area contributed by atoms with Gasteiger partial charge in [0.25, 0.3) is 0 Å². The van der Waals surface area contributed by atoms with E-state index in [4.69, 9.17) is 10.6 Å². The molecule has 0 radical (unpaired) electrons. The summed E-state index contributed by atoms with van der Waals surface area (Å²) >= 11 is 1.72. The SMILES string of the molecule is COCCCSc1ncnc(NN)c1C(C)C. The Bertz CT molecular complexity index is 346. The minimum absolute atomic E-state index is 0.340. The highest BCUT2D eigenvalue weighted by atomic mass is 32.2. The third kappa shape index (κ3) is 4.14. The predicted octanol–water partition coefficient (Wildman–Crippen LogP) is 2.01. The smallest absolute Gasteiger partial charge is 0.147 e. The van der Waals surface area contributed by atoms with Gasteiger partial charge >= 0.3 is 0 Å². The summed E-state index contributed by atoms with van der Waals surface area (Å²) in [5, 5.41) is 0.999. The minimum Gasteiger partial charge on any atom is -0.385 e. The summed E-state index contributed by atoms with van der Waals surface area (Å²) in [6, 6.07) is 0. The third-order valence-corrected chi connectivity index (χ3v) is 3.38. The lowest BCUT2D eigenvalue weighted by Gasteiger charge is -2.14. The number of anilines is 1. The predicted molar refractivity (Wildman–Crippen MR) is 71.1 cm³/mol. The van der Waals surface area contributed by atoms with Gasteiger partial charge in [-0.05, 0) is 12.3 Å². The van der Waals surface area contributed by atoms with Gasteiger partial charge in [-0.25, -0.2) is 15.8 Å². The van der Waals surface area contributed by atoms with E-state index in [0.29, 0.717) is 11.7 Å². The van der Waals surface area contributed by atoms with Crippen LogP contribution in [0.2, 0.25) is 0 Å². The van der Waals surface area contributed by atoms with E-state index in [1.54, 1.807) is 25.2 Å². The Morgan fingerprint density at radius 1 is 1.47 bits per heavy atom. The van der Waals surface area contributed by atoms with Gasteiger partial charge in [-0.1, -0.05) is 13.8 Å². The van der Waals surface area contributed by atoms with Crippen molar-refractivity contribution in [1.29, 1.82) is 0 Å². The molecule has 0 aliphatic carbocycles. The molecule has 0 unspecified atom stereocenters. The van der Waals surface area contributed by atoms with Gasteiger partial charge in [-0.15, -0.1) is 11.8 Å². The van der Waals surface area contributed by atoms with Gasteiger partial charge < -0.3 is 10.2 Å². The van der Waals surface area contributed by atoms with E-state index >= 15 is 0 Å². The van der Waals surface area contributed by atoms with Gasteiger partial charge in [-0.2, -0.15) is 0 Å². The molecule has 0 saturated carbocycles. The Hall–Kier alpha value is -0.850. The maximum Gasteiger partial charge on any atom is 0.147 e. The first-order chi connectivity index (χ1) is 8.20. The molecule has 0 aliphatic rings. The fourth-order valence-electron chi connectivity index (χ4n) is 1.50. The van der Waals surface area contributed by atoms with E-state index in [9.17, 15) is 0 Å². The number of ether oxygens (including phenoxy) is 1. The number of thioether (sulfide) groups is 1. The van der Waals surface area contributed by atoms with Crippen molar-refractivity contribution in [1.82, 2.24) is 9.97 Å². The number of aromatic nitrogens is 2. The monoisotopic (exact) mass is 256 g/mol. The number of nitrogen functional groups attached to an aromatic ring is 1. The number of rotatable bonds is 7. The molecule has 96 valence electrons. The van der Waals surface area contributed by atoms with E-state index in [1.807, 2.05) is 0 Å². The molecule has 0 spiro atoms. The van der Waals surface area contributed by atoms with Gasteiger partial charge in [0.05, 0.1) is 0 Å². The first-order valence-electron chi connectivity index (χ1n) is 5.64. The zero-order valence-corrected chi connectivity index (χ0v) is 11.4. The normalized spacial score (nSPS) is 10.9. The van der Waals surface area contributed by atoms with Crippen LogP contribution in [0.25, 0.3) is 0 Å². The van der Waals surface area contributed by atoms with E-state index in [0.717, 1.165) is 29.4 Å². The summed E-state index contributed by atoms with van der Waals surface area (Å²) in [4.78, 5) is 8.46. The molecule has 1 aromatic rings. The van der Waals surface area contributed by atoms with Crippen LogP contribution in [-0.2, 0) is 4.74 Å². The zero-order valence-electron chi connectivity index (χ0n) is 10.6. The Kier molecular flexibility index (Phi) is 6.25. The minimum atomic E-state index is 0.340. The fourth-order valence-corrected chi connectivity index (χ4v) is 2.57. The molecule has 0 saturated heterocycles. The second kappa shape index (κ2) is 7.47. The number of nitrogens with zero attached hydrogens (tertiary/aromatic N) is 2. The fraction of sp³-hybridized carbons (Fsp3) is 0.636. The standard InChI is InChI=1S/C11H20N4OS/c1-8(2)9-10(15-12)13-7-14-11(9)17-6-4-5-16-3/h7-8H,4-6,12H2,1-3H3,(H,13,14,15). The molecule has 1 heterocycles. The molecule has 0 aromatic carbocycles. The number of methoxy groups -OCH3 is 1. The third-order valence-electron chi connectivity index (χ3n) is 2.29. The van der Waals surface area contributed by atoms with Crippen LogP contribution in [0.3, 0.4) is 0 Å². The summed E-state index contributed by atoms with van der Waals surface area (Å²) in [7, 11) is 1.71. The first kappa shape index (κ1) is 14.2. The van der Waals surface area contributed by atoms with Crippen molar-refractivity contribution in [2.75, 3.05) is 24.9 Å². The number of hydrazine groups is 1. The van der Waals surface area contributed by atoms with E-state index in [-0.39, 0.29) is 0 Å². The van der Waals surface area contributed by atoms with Gasteiger partial charge in [0.1, 0.15) is 17.2 Å². The van der Waals surface area contributed by atoms with Crippen molar-refractivity contribution >= 4 is 17.6 Å². The van der Waals surface area contributed by atoms with E-state index in [1.165, 1.54) is 0 Å². The molecular weight excluding hydrogens is 236 g/mol. The van der Waals surface area contributed by atoms with Crippen LogP contribution in [0.4, 0.5) is 5.82 Å². The van der Waals surface area contributed by atoms with Crippen molar-refractivity contribution in [3.8, 4) is 0 Å². The second-order valence-electron chi connectivity index (χ2n) is 3.93. The summed E-state index contributed by atoms with van der Waals surface area (Å²) in [5.74, 6) is 7.50. The van der Waals surface area contributed by atoms with Crippen LogP contribution in [0, 0.1) is 0 Å². The van der Waals surface area contributed by atoms with Gasteiger partial charge in [0.2, 0.25) is 0 Å². The highest BCUT2D eigenvalue weighted by Gasteiger charge is 2.14. The molecule has 1 aromatic heterocycles. The maximum atomic E-state index is 5.46. The largest absolute Gasteiger partial charge is 0.385 e. The molecule has 5 nitrogen and oxygen atoms in total. The molecule has 0 fully saturated rings. The van der Waals surface area contributed by atoms with Crippen molar-refractivity contribution in [3.05, 3.63) is 11.9 Å². The molecule has 0 atom stereocenters. The van der Waals surface area contributed by atoms with Crippen molar-refractivity contribution in [2.45, 2.75) is 31.2 Å². The molecule has 6 heteroatoms.